The quantitative estimate of drug-likeness (QED) is 0.803. The smallest absolute Gasteiger partial charge is 0.396 e. The molecule has 1 saturated heterocycles. The van der Waals surface area contributed by atoms with Crippen molar-refractivity contribution >= 4 is 7.62 Å². The zero-order chi connectivity index (χ0) is 12.3. The van der Waals surface area contributed by atoms with Crippen LogP contribution in [-0.4, -0.2) is 14.2 Å². The van der Waals surface area contributed by atoms with E-state index in [0.29, 0.717) is 0 Å². The van der Waals surface area contributed by atoms with Gasteiger partial charge in [0.2, 0.25) is 0 Å². The summed E-state index contributed by atoms with van der Waals surface area (Å²) in [5, 5.41) is 3.14. The lowest BCUT2D eigenvalue weighted by Gasteiger charge is -2.19. The molecule has 17 heavy (non-hydrogen) atoms. The number of benzene rings is 1. The number of hydrogen-bond donors (Lipinski definition) is 1. The van der Waals surface area contributed by atoms with Crippen LogP contribution in [0.2, 0.25) is 0 Å². The van der Waals surface area contributed by atoms with E-state index in [2.05, 4.69) is 38.1 Å². The highest BCUT2D eigenvalue weighted by Crippen LogP contribution is 2.28. The molecule has 0 aromatic heterocycles. The Labute approximate surface area is 105 Å². The standard InChI is InChI=1S/C14H21BNO/c1-4-5-6-12-11(3)10(2)7-8-13(12)14-9-16-15-17-14/h7-8,14,16H,4-6,9H2,1-3H3. The molecule has 1 heterocycles. The Morgan fingerprint density at radius 3 is 2.88 bits per heavy atom. The van der Waals surface area contributed by atoms with Crippen molar-refractivity contribution in [1.29, 1.82) is 0 Å². The third-order valence-corrected chi connectivity index (χ3v) is 3.65. The van der Waals surface area contributed by atoms with E-state index in [0.717, 1.165) is 6.54 Å². The van der Waals surface area contributed by atoms with E-state index in [9.17, 15) is 0 Å². The number of rotatable bonds is 4. The Hall–Kier alpha value is -0.795. The van der Waals surface area contributed by atoms with E-state index >= 15 is 0 Å². The van der Waals surface area contributed by atoms with Gasteiger partial charge in [-0.15, -0.1) is 0 Å². The highest BCUT2D eigenvalue weighted by atomic mass is 16.5. The van der Waals surface area contributed by atoms with Crippen molar-refractivity contribution < 1.29 is 4.65 Å². The first-order chi connectivity index (χ1) is 8.24. The minimum Gasteiger partial charge on any atom is -0.416 e. The Kier molecular flexibility index (Phi) is 4.24. The molecule has 1 atom stereocenters. The number of unbranched alkanes of at least 4 members (excludes halogenated alkanes) is 1. The van der Waals surface area contributed by atoms with Crippen LogP contribution in [0.15, 0.2) is 12.1 Å². The van der Waals surface area contributed by atoms with Gasteiger partial charge in [0, 0.05) is 6.54 Å². The molecule has 1 unspecified atom stereocenters. The van der Waals surface area contributed by atoms with Crippen molar-refractivity contribution in [3.8, 4) is 0 Å². The van der Waals surface area contributed by atoms with Crippen LogP contribution in [0.4, 0.5) is 0 Å². The molecule has 1 radical (unpaired) electrons. The van der Waals surface area contributed by atoms with Gasteiger partial charge in [0.1, 0.15) is 0 Å². The van der Waals surface area contributed by atoms with Crippen LogP contribution in [0, 0.1) is 13.8 Å². The number of aryl methyl sites for hydroxylation is 1. The van der Waals surface area contributed by atoms with Gasteiger partial charge in [0.25, 0.3) is 0 Å². The van der Waals surface area contributed by atoms with Gasteiger partial charge in [-0.1, -0.05) is 25.5 Å². The molecule has 0 spiro atoms. The molecule has 1 aromatic rings. The van der Waals surface area contributed by atoms with Gasteiger partial charge in [-0.05, 0) is 48.9 Å². The molecule has 3 heteroatoms. The van der Waals surface area contributed by atoms with Crippen molar-refractivity contribution in [3.05, 3.63) is 34.4 Å². The number of nitrogens with one attached hydrogen (secondary N) is 1. The van der Waals surface area contributed by atoms with Gasteiger partial charge in [0.05, 0.1) is 6.10 Å². The fraction of sp³-hybridized carbons (Fsp3) is 0.571. The largest absolute Gasteiger partial charge is 0.416 e. The molecule has 0 aliphatic carbocycles. The van der Waals surface area contributed by atoms with Crippen molar-refractivity contribution in [1.82, 2.24) is 5.23 Å². The van der Waals surface area contributed by atoms with Gasteiger partial charge < -0.3 is 9.88 Å². The minimum absolute atomic E-state index is 0.196. The summed E-state index contributed by atoms with van der Waals surface area (Å²) in [7, 11) is 1.71. The molecule has 91 valence electrons. The Bertz CT molecular complexity index is 386. The summed E-state index contributed by atoms with van der Waals surface area (Å²) in [5.41, 5.74) is 5.68. The summed E-state index contributed by atoms with van der Waals surface area (Å²) < 4.78 is 5.62. The fourth-order valence-corrected chi connectivity index (χ4v) is 2.40. The maximum absolute atomic E-state index is 5.62. The first-order valence-electron chi connectivity index (χ1n) is 6.53. The van der Waals surface area contributed by atoms with E-state index in [1.165, 1.54) is 41.5 Å². The van der Waals surface area contributed by atoms with Crippen LogP contribution in [0.3, 0.4) is 0 Å². The van der Waals surface area contributed by atoms with Crippen LogP contribution >= 0.6 is 0 Å². The average Bonchev–Trinajstić information content (AvgIpc) is 2.84. The first kappa shape index (κ1) is 12.7. The van der Waals surface area contributed by atoms with E-state index in [-0.39, 0.29) is 6.10 Å². The predicted octanol–water partition coefficient (Wildman–Crippen LogP) is 2.84. The summed E-state index contributed by atoms with van der Waals surface area (Å²) in [4.78, 5) is 0. The SMILES string of the molecule is CCCCc1c(C2CN[B]O2)ccc(C)c1C. The van der Waals surface area contributed by atoms with E-state index in [4.69, 9.17) is 4.65 Å². The summed E-state index contributed by atoms with van der Waals surface area (Å²) >= 11 is 0. The molecule has 2 nitrogen and oxygen atoms in total. The van der Waals surface area contributed by atoms with Crippen LogP contribution < -0.4 is 5.23 Å². The first-order valence-corrected chi connectivity index (χ1v) is 6.53. The molecule has 2 rings (SSSR count). The normalized spacial score (nSPS) is 19.4. The Morgan fingerprint density at radius 1 is 1.41 bits per heavy atom. The summed E-state index contributed by atoms with van der Waals surface area (Å²) in [6.45, 7) is 7.55. The second kappa shape index (κ2) is 5.70. The molecular formula is C14H21BNO. The maximum atomic E-state index is 5.62. The summed E-state index contributed by atoms with van der Waals surface area (Å²) in [6.07, 6.45) is 3.85. The van der Waals surface area contributed by atoms with E-state index in [1.807, 2.05) is 0 Å². The monoisotopic (exact) mass is 230 g/mol. The molecule has 1 fully saturated rings. The molecule has 1 aliphatic heterocycles. The Balaban J connectivity index is 2.32. The number of hydrogen-bond acceptors (Lipinski definition) is 2. The van der Waals surface area contributed by atoms with E-state index in [1.54, 1.807) is 7.62 Å². The van der Waals surface area contributed by atoms with Gasteiger partial charge in [-0.3, -0.25) is 0 Å². The van der Waals surface area contributed by atoms with E-state index < -0.39 is 0 Å². The zero-order valence-corrected chi connectivity index (χ0v) is 11.0. The molecule has 1 aromatic carbocycles. The van der Waals surface area contributed by atoms with Crippen molar-refractivity contribution in [2.45, 2.75) is 46.1 Å². The predicted molar refractivity (Wildman–Crippen MR) is 72.1 cm³/mol. The van der Waals surface area contributed by atoms with Crippen molar-refractivity contribution in [2.24, 2.45) is 0 Å². The summed E-state index contributed by atoms with van der Waals surface area (Å²) in [6, 6.07) is 4.45. The van der Waals surface area contributed by atoms with Crippen LogP contribution in [0.25, 0.3) is 0 Å². The van der Waals surface area contributed by atoms with Gasteiger partial charge in [-0.25, -0.2) is 0 Å². The minimum atomic E-state index is 0.196. The Morgan fingerprint density at radius 2 is 2.24 bits per heavy atom. The molecule has 0 amide bonds. The second-order valence-electron chi connectivity index (χ2n) is 4.83. The topological polar surface area (TPSA) is 21.3 Å². The molecule has 0 saturated carbocycles. The second-order valence-corrected chi connectivity index (χ2v) is 4.83. The average molecular weight is 230 g/mol. The lowest BCUT2D eigenvalue weighted by molar-refractivity contribution is 0.258. The van der Waals surface area contributed by atoms with Crippen LogP contribution in [0.1, 0.15) is 48.1 Å². The van der Waals surface area contributed by atoms with Gasteiger partial charge in [-0.2, -0.15) is 0 Å². The van der Waals surface area contributed by atoms with Crippen molar-refractivity contribution in [2.75, 3.05) is 6.54 Å². The maximum Gasteiger partial charge on any atom is 0.396 e. The lowest BCUT2D eigenvalue weighted by atomic mass is 9.91. The van der Waals surface area contributed by atoms with Crippen LogP contribution in [0.5, 0.6) is 0 Å². The summed E-state index contributed by atoms with van der Waals surface area (Å²) in [5.74, 6) is 0. The zero-order valence-electron chi connectivity index (χ0n) is 11.0. The molecule has 1 aliphatic rings. The molecule has 1 N–H and O–H groups in total. The van der Waals surface area contributed by atoms with Crippen molar-refractivity contribution in [3.63, 3.8) is 0 Å². The lowest BCUT2D eigenvalue weighted by Crippen LogP contribution is -2.11. The molecule has 0 bridgehead atoms. The highest BCUT2D eigenvalue weighted by Gasteiger charge is 2.22. The fourth-order valence-electron chi connectivity index (χ4n) is 2.40. The molecular weight excluding hydrogens is 209 g/mol. The third kappa shape index (κ3) is 2.72. The third-order valence-electron chi connectivity index (χ3n) is 3.65. The van der Waals surface area contributed by atoms with Crippen LogP contribution in [-0.2, 0) is 11.1 Å². The van der Waals surface area contributed by atoms with Gasteiger partial charge in [0.15, 0.2) is 0 Å². The highest BCUT2D eigenvalue weighted by molar-refractivity contribution is 6.24. The van der Waals surface area contributed by atoms with Gasteiger partial charge >= 0.3 is 7.62 Å².